The summed E-state index contributed by atoms with van der Waals surface area (Å²) < 4.78 is 16.9. The Bertz CT molecular complexity index is 1670. The Labute approximate surface area is 481 Å². The van der Waals surface area contributed by atoms with E-state index in [2.05, 4.69) is 154 Å². The van der Waals surface area contributed by atoms with E-state index in [1.165, 1.54) is 89.9 Å². The van der Waals surface area contributed by atoms with E-state index in [0.29, 0.717) is 19.3 Å². The molecule has 0 saturated heterocycles. The third-order valence-electron chi connectivity index (χ3n) is 13.4. The fourth-order valence-corrected chi connectivity index (χ4v) is 8.61. The van der Waals surface area contributed by atoms with E-state index in [1.807, 2.05) is 0 Å². The van der Waals surface area contributed by atoms with Crippen LogP contribution in [0.2, 0.25) is 0 Å². The van der Waals surface area contributed by atoms with Crippen LogP contribution in [0.1, 0.15) is 284 Å². The molecule has 0 N–H and O–H groups in total. The minimum Gasteiger partial charge on any atom is -0.462 e. The molecule has 0 aliphatic rings. The van der Waals surface area contributed by atoms with Crippen LogP contribution < -0.4 is 0 Å². The molecule has 1 unspecified atom stereocenters. The molecule has 442 valence electrons. The van der Waals surface area contributed by atoms with Gasteiger partial charge in [0.25, 0.3) is 0 Å². The van der Waals surface area contributed by atoms with Gasteiger partial charge in [-0.2, -0.15) is 0 Å². The molecule has 0 aromatic heterocycles. The molecule has 0 aromatic carbocycles. The van der Waals surface area contributed by atoms with Crippen LogP contribution in [0.25, 0.3) is 0 Å². The average Bonchev–Trinajstić information content (AvgIpc) is 3.44. The van der Waals surface area contributed by atoms with Gasteiger partial charge in [-0.15, -0.1) is 0 Å². The van der Waals surface area contributed by atoms with Crippen molar-refractivity contribution in [3.05, 3.63) is 134 Å². The van der Waals surface area contributed by atoms with Gasteiger partial charge in [-0.1, -0.05) is 264 Å². The molecular formula is C72H118O6. The van der Waals surface area contributed by atoms with E-state index in [4.69, 9.17) is 14.2 Å². The number of hydrogen-bond acceptors (Lipinski definition) is 6. The van der Waals surface area contributed by atoms with E-state index in [0.717, 1.165) is 154 Å². The maximum atomic E-state index is 12.9. The Morgan fingerprint density at radius 2 is 0.500 bits per heavy atom. The van der Waals surface area contributed by atoms with Gasteiger partial charge in [0.1, 0.15) is 13.2 Å². The highest BCUT2D eigenvalue weighted by molar-refractivity contribution is 5.71. The van der Waals surface area contributed by atoms with Crippen molar-refractivity contribution in [2.75, 3.05) is 13.2 Å². The summed E-state index contributed by atoms with van der Waals surface area (Å²) in [5.41, 5.74) is 0. The Hall–Kier alpha value is -4.45. The quantitative estimate of drug-likeness (QED) is 0.0261. The van der Waals surface area contributed by atoms with E-state index >= 15 is 0 Å². The van der Waals surface area contributed by atoms with E-state index in [1.54, 1.807) is 0 Å². The molecule has 0 spiro atoms. The number of ether oxygens (including phenoxy) is 3. The first kappa shape index (κ1) is 73.5. The van der Waals surface area contributed by atoms with Crippen molar-refractivity contribution in [3.63, 3.8) is 0 Å². The molecule has 0 saturated carbocycles. The fraction of sp³-hybridized carbons (Fsp3) is 0.653. The van der Waals surface area contributed by atoms with Gasteiger partial charge in [0.05, 0.1) is 0 Å². The number of carbonyl (C=O) groups is 3. The molecule has 78 heavy (non-hydrogen) atoms. The van der Waals surface area contributed by atoms with Gasteiger partial charge in [0, 0.05) is 19.3 Å². The number of unbranched alkanes of at least 4 members (excludes halogenated alkanes) is 24. The average molecular weight is 1080 g/mol. The summed E-state index contributed by atoms with van der Waals surface area (Å²) in [5.74, 6) is -0.924. The van der Waals surface area contributed by atoms with Crippen molar-refractivity contribution in [2.24, 2.45) is 0 Å². The number of esters is 3. The molecule has 0 radical (unpaired) electrons. The van der Waals surface area contributed by atoms with Gasteiger partial charge in [-0.05, 0) is 135 Å². The van der Waals surface area contributed by atoms with E-state index in [-0.39, 0.29) is 31.1 Å². The van der Waals surface area contributed by atoms with Gasteiger partial charge in [-0.25, -0.2) is 0 Å². The third-order valence-corrected chi connectivity index (χ3v) is 13.4. The van der Waals surface area contributed by atoms with Gasteiger partial charge in [0.15, 0.2) is 6.10 Å². The highest BCUT2D eigenvalue weighted by Gasteiger charge is 2.19. The third kappa shape index (κ3) is 62.4. The van der Waals surface area contributed by atoms with Gasteiger partial charge in [-0.3, -0.25) is 14.4 Å². The second-order valence-electron chi connectivity index (χ2n) is 20.9. The van der Waals surface area contributed by atoms with E-state index < -0.39 is 6.10 Å². The van der Waals surface area contributed by atoms with Gasteiger partial charge >= 0.3 is 17.9 Å². The molecule has 0 amide bonds. The predicted molar refractivity (Wildman–Crippen MR) is 339 cm³/mol. The highest BCUT2D eigenvalue weighted by Crippen LogP contribution is 2.15. The number of allylic oxidation sites excluding steroid dienone is 22. The van der Waals surface area contributed by atoms with Crippen LogP contribution in [0, 0.1) is 0 Å². The lowest BCUT2D eigenvalue weighted by molar-refractivity contribution is -0.167. The first-order valence-corrected chi connectivity index (χ1v) is 32.2. The number of hydrogen-bond donors (Lipinski definition) is 0. The smallest absolute Gasteiger partial charge is 0.306 e. The predicted octanol–water partition coefficient (Wildman–Crippen LogP) is 22.2. The summed E-state index contributed by atoms with van der Waals surface area (Å²) in [4.78, 5) is 38.4. The molecular weight excluding hydrogens is 961 g/mol. The summed E-state index contributed by atoms with van der Waals surface area (Å²) in [6.07, 6.45) is 91.6. The summed E-state index contributed by atoms with van der Waals surface area (Å²) in [7, 11) is 0. The summed E-state index contributed by atoms with van der Waals surface area (Å²) in [6, 6.07) is 0. The first-order chi connectivity index (χ1) is 38.5. The zero-order chi connectivity index (χ0) is 56.4. The Kier molecular flexibility index (Phi) is 61.4. The minimum atomic E-state index is -0.800. The lowest BCUT2D eigenvalue weighted by Gasteiger charge is -2.18. The van der Waals surface area contributed by atoms with Crippen LogP contribution in [0.4, 0.5) is 0 Å². The molecule has 0 bridgehead atoms. The molecule has 0 aromatic rings. The minimum absolute atomic E-state index is 0.0954. The van der Waals surface area contributed by atoms with Crippen molar-refractivity contribution in [1.82, 2.24) is 0 Å². The van der Waals surface area contributed by atoms with Crippen LogP contribution in [-0.4, -0.2) is 37.2 Å². The zero-order valence-corrected chi connectivity index (χ0v) is 50.6. The molecule has 0 fully saturated rings. The summed E-state index contributed by atoms with van der Waals surface area (Å²) in [6.45, 7) is 6.38. The number of rotatable bonds is 57. The SMILES string of the molecule is CC/C=C\C/C=C\C/C=C\C/C=C\C/C=C\CCCCCCCCCC(=O)OCC(COC(=O)CCCCCCC/C=C\C/C=C\CCCCCC)OC(=O)CCCCCCCCCC/C=C\C/C=C\C/C=C\C/C=C\CC. The maximum Gasteiger partial charge on any atom is 0.306 e. The van der Waals surface area contributed by atoms with Crippen LogP contribution in [0.3, 0.4) is 0 Å². The second kappa shape index (κ2) is 65.1. The number of carbonyl (C=O) groups excluding carboxylic acids is 3. The van der Waals surface area contributed by atoms with Gasteiger partial charge < -0.3 is 14.2 Å². The van der Waals surface area contributed by atoms with Crippen molar-refractivity contribution < 1.29 is 28.6 Å². The Balaban J connectivity index is 4.45. The second-order valence-corrected chi connectivity index (χ2v) is 20.9. The van der Waals surface area contributed by atoms with Crippen molar-refractivity contribution in [1.29, 1.82) is 0 Å². The zero-order valence-electron chi connectivity index (χ0n) is 50.6. The summed E-state index contributed by atoms with van der Waals surface area (Å²) >= 11 is 0. The van der Waals surface area contributed by atoms with Crippen LogP contribution in [-0.2, 0) is 28.6 Å². The van der Waals surface area contributed by atoms with Crippen molar-refractivity contribution in [2.45, 2.75) is 290 Å². The Morgan fingerprint density at radius 3 is 0.782 bits per heavy atom. The molecule has 0 aliphatic carbocycles. The molecule has 0 aliphatic heterocycles. The lowest BCUT2D eigenvalue weighted by atomic mass is 10.1. The van der Waals surface area contributed by atoms with Crippen molar-refractivity contribution in [3.8, 4) is 0 Å². The van der Waals surface area contributed by atoms with Crippen LogP contribution in [0.5, 0.6) is 0 Å². The maximum absolute atomic E-state index is 12.9. The van der Waals surface area contributed by atoms with Crippen LogP contribution in [0.15, 0.2) is 134 Å². The lowest BCUT2D eigenvalue weighted by Crippen LogP contribution is -2.30. The van der Waals surface area contributed by atoms with E-state index in [9.17, 15) is 14.4 Å². The molecule has 6 nitrogen and oxygen atoms in total. The molecule has 1 atom stereocenters. The normalized spacial score (nSPS) is 13.0. The van der Waals surface area contributed by atoms with Crippen molar-refractivity contribution >= 4 is 17.9 Å². The molecule has 0 rings (SSSR count). The highest BCUT2D eigenvalue weighted by atomic mass is 16.6. The standard InChI is InChI=1S/C72H118O6/c1-4-7-10-13-16-19-22-25-28-31-33-35-36-38-39-41-44-47-50-53-56-59-62-65-71(74)77-68-69(67-76-70(73)64-61-58-55-52-49-46-43-30-27-24-21-18-15-12-9-6-3)78-72(75)66-63-60-57-54-51-48-45-42-40-37-34-32-29-26-23-20-17-14-11-8-5-2/h7-8,10-11,16-17,19-21,24-26,28-30,33-35,37-39,43,69H,4-6,9,12-15,18,22-23,27,31-32,36,40-42,44-68H2,1-3H3/b10-7-,11-8-,19-16-,20-17-,24-21-,28-25-,29-26-,35-33-,37-34-,39-38-,43-30-. The Morgan fingerprint density at radius 1 is 0.269 bits per heavy atom. The molecule has 6 heteroatoms. The first-order valence-electron chi connectivity index (χ1n) is 32.2. The topological polar surface area (TPSA) is 78.9 Å². The molecule has 0 heterocycles. The van der Waals surface area contributed by atoms with Crippen LogP contribution >= 0.6 is 0 Å². The summed E-state index contributed by atoms with van der Waals surface area (Å²) in [5, 5.41) is 0. The fourth-order valence-electron chi connectivity index (χ4n) is 8.61. The monoisotopic (exact) mass is 1080 g/mol. The largest absolute Gasteiger partial charge is 0.462 e. The van der Waals surface area contributed by atoms with Gasteiger partial charge in [0.2, 0.25) is 0 Å².